The SMILES string of the molecule is CCCCCCCCCCCCSCC(N)C(=O)NN. The smallest absolute Gasteiger partial charge is 0.251 e. The number of thioether (sulfide) groups is 1. The van der Waals surface area contributed by atoms with Crippen molar-refractivity contribution in [2.45, 2.75) is 77.2 Å². The molecule has 120 valence electrons. The molecule has 4 nitrogen and oxygen atoms in total. The van der Waals surface area contributed by atoms with Gasteiger partial charge in [0.1, 0.15) is 0 Å². The predicted octanol–water partition coefficient (Wildman–Crippen LogP) is 2.96. The van der Waals surface area contributed by atoms with Crippen LogP contribution in [0.1, 0.15) is 71.1 Å². The first kappa shape index (κ1) is 19.7. The van der Waals surface area contributed by atoms with E-state index in [1.54, 1.807) is 11.8 Å². The fourth-order valence-corrected chi connectivity index (χ4v) is 3.06. The van der Waals surface area contributed by atoms with Gasteiger partial charge in [-0.3, -0.25) is 10.2 Å². The Morgan fingerprint density at radius 3 is 2.00 bits per heavy atom. The molecular formula is C15H33N3OS. The van der Waals surface area contributed by atoms with Crippen molar-refractivity contribution in [3.05, 3.63) is 0 Å². The molecule has 5 N–H and O–H groups in total. The number of hydrogen-bond donors (Lipinski definition) is 3. The summed E-state index contributed by atoms with van der Waals surface area (Å²) in [7, 11) is 0. The summed E-state index contributed by atoms with van der Waals surface area (Å²) in [4.78, 5) is 11.1. The summed E-state index contributed by atoms with van der Waals surface area (Å²) < 4.78 is 0. The van der Waals surface area contributed by atoms with Gasteiger partial charge in [0.15, 0.2) is 0 Å². The molecule has 0 aromatic heterocycles. The second-order valence-electron chi connectivity index (χ2n) is 5.37. The van der Waals surface area contributed by atoms with E-state index in [0.29, 0.717) is 5.75 Å². The van der Waals surface area contributed by atoms with Crippen LogP contribution in [-0.4, -0.2) is 23.5 Å². The topological polar surface area (TPSA) is 81.1 Å². The fourth-order valence-electron chi connectivity index (χ4n) is 2.08. The lowest BCUT2D eigenvalue weighted by atomic mass is 10.1. The Labute approximate surface area is 128 Å². The molecule has 5 heteroatoms. The number of hydrogen-bond acceptors (Lipinski definition) is 4. The summed E-state index contributed by atoms with van der Waals surface area (Å²) in [5, 5.41) is 0. The number of carbonyl (C=O) groups excluding carboxylic acids is 1. The first-order valence-corrected chi connectivity index (χ1v) is 9.21. The van der Waals surface area contributed by atoms with Crippen molar-refractivity contribution >= 4 is 17.7 Å². The molecule has 1 amide bonds. The molecule has 0 aliphatic rings. The highest BCUT2D eigenvalue weighted by molar-refractivity contribution is 7.99. The Kier molecular flexibility index (Phi) is 14.9. The number of unbranched alkanes of at least 4 members (excludes halogenated alkanes) is 9. The third kappa shape index (κ3) is 12.8. The minimum Gasteiger partial charge on any atom is -0.319 e. The second-order valence-corrected chi connectivity index (χ2v) is 6.52. The Bertz CT molecular complexity index is 227. The van der Waals surface area contributed by atoms with Gasteiger partial charge in [-0.2, -0.15) is 11.8 Å². The van der Waals surface area contributed by atoms with Crippen molar-refractivity contribution in [3.8, 4) is 0 Å². The molecule has 0 aromatic carbocycles. The minimum absolute atomic E-state index is 0.277. The third-order valence-corrected chi connectivity index (χ3v) is 4.59. The van der Waals surface area contributed by atoms with E-state index in [-0.39, 0.29) is 5.91 Å². The molecule has 0 saturated carbocycles. The molecule has 0 bridgehead atoms. The number of carbonyl (C=O) groups is 1. The zero-order valence-corrected chi connectivity index (χ0v) is 13.9. The number of rotatable bonds is 14. The van der Waals surface area contributed by atoms with Crippen molar-refractivity contribution in [1.29, 1.82) is 0 Å². The maximum Gasteiger partial charge on any atom is 0.251 e. The van der Waals surface area contributed by atoms with E-state index in [4.69, 9.17) is 11.6 Å². The van der Waals surface area contributed by atoms with Gasteiger partial charge in [0, 0.05) is 5.75 Å². The second kappa shape index (κ2) is 15.1. The summed E-state index contributed by atoms with van der Waals surface area (Å²) in [5.74, 6) is 6.48. The lowest BCUT2D eigenvalue weighted by Gasteiger charge is -2.08. The van der Waals surface area contributed by atoms with Crippen molar-refractivity contribution < 1.29 is 4.79 Å². The predicted molar refractivity (Wildman–Crippen MR) is 89.5 cm³/mol. The Balaban J connectivity index is 3.11. The Morgan fingerprint density at radius 2 is 1.50 bits per heavy atom. The molecule has 0 spiro atoms. The molecule has 1 atom stereocenters. The first-order chi connectivity index (χ1) is 9.72. The lowest BCUT2D eigenvalue weighted by molar-refractivity contribution is -0.121. The van der Waals surface area contributed by atoms with Crippen molar-refractivity contribution in [2.24, 2.45) is 11.6 Å². The van der Waals surface area contributed by atoms with E-state index in [0.717, 1.165) is 5.75 Å². The fraction of sp³-hybridized carbons (Fsp3) is 0.933. The van der Waals surface area contributed by atoms with Crippen LogP contribution in [0.4, 0.5) is 0 Å². The lowest BCUT2D eigenvalue weighted by Crippen LogP contribution is -2.45. The first-order valence-electron chi connectivity index (χ1n) is 8.06. The highest BCUT2D eigenvalue weighted by Gasteiger charge is 2.10. The van der Waals surface area contributed by atoms with Crippen molar-refractivity contribution in [2.75, 3.05) is 11.5 Å². The Hall–Kier alpha value is -0.260. The number of nitrogens with one attached hydrogen (secondary N) is 1. The van der Waals surface area contributed by atoms with E-state index in [1.165, 1.54) is 64.2 Å². The van der Waals surface area contributed by atoms with Crippen LogP contribution < -0.4 is 17.0 Å². The summed E-state index contributed by atoms with van der Waals surface area (Å²) >= 11 is 1.74. The van der Waals surface area contributed by atoms with Crippen LogP contribution in [0.15, 0.2) is 0 Å². The quantitative estimate of drug-likeness (QED) is 0.199. The summed E-state index contributed by atoms with van der Waals surface area (Å²) in [6, 6.07) is -0.479. The summed E-state index contributed by atoms with van der Waals surface area (Å²) in [5.41, 5.74) is 7.73. The molecule has 0 aliphatic carbocycles. The number of hydrazine groups is 1. The summed E-state index contributed by atoms with van der Waals surface area (Å²) in [6.45, 7) is 2.26. The molecule has 0 aliphatic heterocycles. The van der Waals surface area contributed by atoms with Gasteiger partial charge < -0.3 is 5.73 Å². The van der Waals surface area contributed by atoms with Crippen LogP contribution in [0.25, 0.3) is 0 Å². The van der Waals surface area contributed by atoms with Gasteiger partial charge in [0.2, 0.25) is 0 Å². The molecule has 0 rings (SSSR count). The van der Waals surface area contributed by atoms with E-state index in [9.17, 15) is 4.79 Å². The molecule has 0 radical (unpaired) electrons. The van der Waals surface area contributed by atoms with E-state index in [1.807, 2.05) is 0 Å². The number of amides is 1. The molecule has 0 aromatic rings. The van der Waals surface area contributed by atoms with Crippen LogP contribution in [0.3, 0.4) is 0 Å². The van der Waals surface area contributed by atoms with Gasteiger partial charge in [-0.15, -0.1) is 0 Å². The molecule has 1 unspecified atom stereocenters. The van der Waals surface area contributed by atoms with Crippen LogP contribution >= 0.6 is 11.8 Å². The van der Waals surface area contributed by atoms with Crippen molar-refractivity contribution in [3.63, 3.8) is 0 Å². The van der Waals surface area contributed by atoms with Gasteiger partial charge in [-0.05, 0) is 12.2 Å². The monoisotopic (exact) mass is 303 g/mol. The van der Waals surface area contributed by atoms with Gasteiger partial charge in [-0.25, -0.2) is 5.84 Å². The Morgan fingerprint density at radius 1 is 1.00 bits per heavy atom. The normalized spacial score (nSPS) is 12.3. The van der Waals surface area contributed by atoms with Gasteiger partial charge in [0.05, 0.1) is 6.04 Å². The molecule has 0 saturated heterocycles. The van der Waals surface area contributed by atoms with Crippen LogP contribution in [0.5, 0.6) is 0 Å². The third-order valence-electron chi connectivity index (χ3n) is 3.42. The van der Waals surface area contributed by atoms with Gasteiger partial charge in [-0.1, -0.05) is 64.7 Å². The van der Waals surface area contributed by atoms with E-state index < -0.39 is 6.04 Å². The zero-order valence-electron chi connectivity index (χ0n) is 13.0. The van der Waals surface area contributed by atoms with E-state index >= 15 is 0 Å². The number of nitrogens with two attached hydrogens (primary N) is 2. The van der Waals surface area contributed by atoms with Crippen LogP contribution in [0.2, 0.25) is 0 Å². The van der Waals surface area contributed by atoms with Gasteiger partial charge in [0.25, 0.3) is 5.91 Å². The molecular weight excluding hydrogens is 270 g/mol. The minimum atomic E-state index is -0.479. The van der Waals surface area contributed by atoms with E-state index in [2.05, 4.69) is 12.3 Å². The average Bonchev–Trinajstić information content (AvgIpc) is 2.47. The highest BCUT2D eigenvalue weighted by atomic mass is 32.2. The maximum atomic E-state index is 11.1. The average molecular weight is 304 g/mol. The maximum absolute atomic E-state index is 11.1. The summed E-state index contributed by atoms with van der Waals surface area (Å²) in [6.07, 6.45) is 13.5. The van der Waals surface area contributed by atoms with Gasteiger partial charge >= 0.3 is 0 Å². The van der Waals surface area contributed by atoms with Crippen LogP contribution in [-0.2, 0) is 4.79 Å². The van der Waals surface area contributed by atoms with Crippen molar-refractivity contribution in [1.82, 2.24) is 5.43 Å². The largest absolute Gasteiger partial charge is 0.319 e. The molecule has 20 heavy (non-hydrogen) atoms. The highest BCUT2D eigenvalue weighted by Crippen LogP contribution is 2.12. The van der Waals surface area contributed by atoms with Crippen LogP contribution in [0, 0.1) is 0 Å². The zero-order chi connectivity index (χ0) is 15.1. The molecule has 0 fully saturated rings. The standard InChI is InChI=1S/C15H33N3OS/c1-2-3-4-5-6-7-8-9-10-11-12-20-13-14(16)15(19)18-17/h14H,2-13,16-17H2,1H3,(H,18,19). The molecule has 0 heterocycles.